The zero-order chi connectivity index (χ0) is 23.6. The van der Waals surface area contributed by atoms with E-state index in [0.717, 1.165) is 25.1 Å². The van der Waals surface area contributed by atoms with Crippen molar-refractivity contribution in [2.24, 2.45) is 5.92 Å². The summed E-state index contributed by atoms with van der Waals surface area (Å²) < 4.78 is 4.84. The summed E-state index contributed by atoms with van der Waals surface area (Å²) in [7, 11) is 4.07. The largest absolute Gasteiger partial charge is 0.431 e. The zero-order valence-electron chi connectivity index (χ0n) is 19.0. The van der Waals surface area contributed by atoms with Crippen molar-refractivity contribution in [1.82, 2.24) is 20.5 Å². The second-order valence-corrected chi connectivity index (χ2v) is 6.75. The molecule has 0 aliphatic carbocycles. The van der Waals surface area contributed by atoms with Crippen LogP contribution in [0.3, 0.4) is 0 Å². The molecule has 1 heterocycles. The van der Waals surface area contributed by atoms with Crippen LogP contribution in [0.25, 0.3) is 0 Å². The number of allylic oxidation sites excluding steroid dienone is 6. The third-order valence-electron chi connectivity index (χ3n) is 3.72. The van der Waals surface area contributed by atoms with E-state index in [-0.39, 0.29) is 17.6 Å². The fourth-order valence-electron chi connectivity index (χ4n) is 2.34. The SMILES string of the molecule is CC.C\C(=C/C(=C\C=C\Cl)C(C=N)C=CNCCCN(C)C)NC(=O)c1coc(N)n1. The first-order valence-electron chi connectivity index (χ1n) is 10.1. The topological polar surface area (TPSA) is 120 Å². The number of anilines is 1. The van der Waals surface area contributed by atoms with Crippen LogP contribution in [-0.4, -0.2) is 49.2 Å². The Hall–Kier alpha value is -2.84. The van der Waals surface area contributed by atoms with E-state index in [1.165, 1.54) is 18.0 Å². The van der Waals surface area contributed by atoms with Crippen molar-refractivity contribution in [1.29, 1.82) is 5.41 Å². The number of nitrogens with one attached hydrogen (secondary N) is 3. The minimum atomic E-state index is -0.434. The first-order valence-corrected chi connectivity index (χ1v) is 10.5. The first-order chi connectivity index (χ1) is 14.9. The van der Waals surface area contributed by atoms with E-state index in [4.69, 9.17) is 27.2 Å². The van der Waals surface area contributed by atoms with Gasteiger partial charge < -0.3 is 31.1 Å². The van der Waals surface area contributed by atoms with Gasteiger partial charge in [-0.15, -0.1) is 0 Å². The average molecular weight is 451 g/mol. The number of oxazole rings is 1. The summed E-state index contributed by atoms with van der Waals surface area (Å²) >= 11 is 5.65. The van der Waals surface area contributed by atoms with Crippen molar-refractivity contribution >= 4 is 29.7 Å². The van der Waals surface area contributed by atoms with E-state index in [1.54, 1.807) is 25.2 Å². The summed E-state index contributed by atoms with van der Waals surface area (Å²) in [5.41, 5.74) is 8.21. The Bertz CT molecular complexity index is 781. The smallest absolute Gasteiger partial charge is 0.292 e. The molecule has 0 fully saturated rings. The maximum absolute atomic E-state index is 12.2. The Morgan fingerprint density at radius 1 is 1.42 bits per heavy atom. The van der Waals surface area contributed by atoms with Crippen molar-refractivity contribution in [2.45, 2.75) is 27.2 Å². The third kappa shape index (κ3) is 12.5. The maximum atomic E-state index is 12.2. The second-order valence-electron chi connectivity index (χ2n) is 6.50. The number of carbonyl (C=O) groups excluding carboxylic acids is 1. The first kappa shape index (κ1) is 28.2. The highest BCUT2D eigenvalue weighted by Crippen LogP contribution is 2.15. The van der Waals surface area contributed by atoms with Gasteiger partial charge in [0, 0.05) is 29.9 Å². The van der Waals surface area contributed by atoms with Gasteiger partial charge in [0.2, 0.25) is 0 Å². The molecular weight excluding hydrogens is 416 g/mol. The molecule has 0 spiro atoms. The van der Waals surface area contributed by atoms with Crippen LogP contribution in [0.2, 0.25) is 0 Å². The summed E-state index contributed by atoms with van der Waals surface area (Å²) in [4.78, 5) is 18.1. The quantitative estimate of drug-likeness (QED) is 0.217. The van der Waals surface area contributed by atoms with Crippen molar-refractivity contribution in [3.63, 3.8) is 0 Å². The molecular formula is C22H35ClN6O2. The van der Waals surface area contributed by atoms with Crippen LogP contribution in [0.5, 0.6) is 0 Å². The molecule has 0 aromatic carbocycles. The molecule has 0 radical (unpaired) electrons. The second kappa shape index (κ2) is 16.9. The molecule has 0 saturated carbocycles. The van der Waals surface area contributed by atoms with Crippen LogP contribution in [0, 0.1) is 11.3 Å². The number of hydrogen-bond acceptors (Lipinski definition) is 7. The summed E-state index contributed by atoms with van der Waals surface area (Å²) in [6.07, 6.45) is 12.4. The number of nitrogen functional groups attached to an aromatic ring is 1. The van der Waals surface area contributed by atoms with Gasteiger partial charge in [0.05, 0.1) is 0 Å². The van der Waals surface area contributed by atoms with Crippen LogP contribution in [0.4, 0.5) is 6.01 Å². The van der Waals surface area contributed by atoms with E-state index in [9.17, 15) is 4.79 Å². The highest BCUT2D eigenvalue weighted by atomic mass is 35.5. The van der Waals surface area contributed by atoms with E-state index in [0.29, 0.717) is 5.70 Å². The van der Waals surface area contributed by atoms with Crippen molar-refractivity contribution in [3.8, 4) is 0 Å². The lowest BCUT2D eigenvalue weighted by Gasteiger charge is -2.11. The van der Waals surface area contributed by atoms with Gasteiger partial charge in [-0.25, -0.2) is 0 Å². The number of nitrogens with zero attached hydrogens (tertiary/aromatic N) is 2. The van der Waals surface area contributed by atoms with Gasteiger partial charge >= 0.3 is 0 Å². The lowest BCUT2D eigenvalue weighted by molar-refractivity contribution is 0.0961. The molecule has 1 atom stereocenters. The van der Waals surface area contributed by atoms with Crippen LogP contribution in [0.1, 0.15) is 37.7 Å². The van der Waals surface area contributed by atoms with E-state index in [2.05, 4.69) is 20.5 Å². The van der Waals surface area contributed by atoms with E-state index in [1.807, 2.05) is 40.2 Å². The van der Waals surface area contributed by atoms with Crippen molar-refractivity contribution in [2.75, 3.05) is 32.9 Å². The summed E-state index contributed by atoms with van der Waals surface area (Å²) in [5, 5.41) is 13.7. The number of hydrogen-bond donors (Lipinski definition) is 4. The van der Waals surface area contributed by atoms with Gasteiger partial charge in [-0.2, -0.15) is 4.98 Å². The lowest BCUT2D eigenvalue weighted by Crippen LogP contribution is -2.22. The van der Waals surface area contributed by atoms with Crippen molar-refractivity contribution in [3.05, 3.63) is 59.3 Å². The minimum Gasteiger partial charge on any atom is -0.431 e. The van der Waals surface area contributed by atoms with Gasteiger partial charge in [0.25, 0.3) is 11.9 Å². The summed E-state index contributed by atoms with van der Waals surface area (Å²) in [5.74, 6) is -0.727. The molecule has 8 nitrogen and oxygen atoms in total. The Balaban J connectivity index is 0.00000436. The molecule has 1 rings (SSSR count). The summed E-state index contributed by atoms with van der Waals surface area (Å²) in [6, 6.07) is -0.0725. The Labute approximate surface area is 190 Å². The number of rotatable bonds is 12. The molecule has 0 aliphatic rings. The molecule has 1 amide bonds. The molecule has 0 saturated heterocycles. The van der Waals surface area contributed by atoms with Crippen molar-refractivity contribution < 1.29 is 9.21 Å². The average Bonchev–Trinajstić information content (AvgIpc) is 3.18. The molecule has 0 bridgehead atoms. The molecule has 0 aliphatic heterocycles. The van der Waals surface area contributed by atoms with Crippen LogP contribution in [-0.2, 0) is 0 Å². The number of nitrogens with two attached hydrogens (primary N) is 1. The molecule has 1 aromatic rings. The molecule has 9 heteroatoms. The molecule has 1 unspecified atom stereocenters. The highest BCUT2D eigenvalue weighted by molar-refractivity contribution is 6.25. The lowest BCUT2D eigenvalue weighted by atomic mass is 9.98. The molecule has 5 N–H and O–H groups in total. The van der Waals surface area contributed by atoms with Crippen LogP contribution in [0.15, 0.2) is 58.0 Å². The third-order valence-corrected chi connectivity index (χ3v) is 3.87. The van der Waals surface area contributed by atoms with E-state index >= 15 is 0 Å². The fourth-order valence-corrected chi connectivity index (χ4v) is 2.41. The summed E-state index contributed by atoms with van der Waals surface area (Å²) in [6.45, 7) is 7.58. The Morgan fingerprint density at radius 3 is 2.68 bits per heavy atom. The minimum absolute atomic E-state index is 0.0725. The fraction of sp³-hybridized carbons (Fsp3) is 0.409. The number of halogens is 1. The highest BCUT2D eigenvalue weighted by Gasteiger charge is 2.12. The Morgan fingerprint density at radius 2 is 2.13 bits per heavy atom. The van der Waals surface area contributed by atoms with Crippen LogP contribution >= 0.6 is 11.6 Å². The van der Waals surface area contributed by atoms with Gasteiger partial charge in [-0.1, -0.05) is 43.7 Å². The maximum Gasteiger partial charge on any atom is 0.292 e. The van der Waals surface area contributed by atoms with Gasteiger partial charge in [0.15, 0.2) is 5.69 Å². The monoisotopic (exact) mass is 450 g/mol. The number of aromatic nitrogens is 1. The zero-order valence-corrected chi connectivity index (χ0v) is 19.7. The number of carbonyl (C=O) groups is 1. The molecule has 1 aromatic heterocycles. The van der Waals surface area contributed by atoms with Gasteiger partial charge in [0.1, 0.15) is 6.26 Å². The molecule has 172 valence electrons. The van der Waals surface area contributed by atoms with Crippen LogP contribution < -0.4 is 16.4 Å². The number of amides is 1. The predicted octanol–water partition coefficient (Wildman–Crippen LogP) is 3.92. The van der Waals surface area contributed by atoms with Gasteiger partial charge in [-0.05, 0) is 51.8 Å². The van der Waals surface area contributed by atoms with E-state index < -0.39 is 5.91 Å². The normalized spacial score (nSPS) is 13.3. The predicted molar refractivity (Wildman–Crippen MR) is 129 cm³/mol. The molecule has 31 heavy (non-hydrogen) atoms. The Kier molecular flexibility index (Phi) is 15.4. The van der Waals surface area contributed by atoms with Gasteiger partial charge in [-0.3, -0.25) is 4.79 Å². The standard InChI is InChI=1S/C20H29ClN6O2.C2H6/c1-15(25-19(28)18-14-29-20(23)26-18)12-16(6-4-8-21)17(13-22)7-10-24-9-5-11-27(2)3;1-2/h4,6-8,10,12-14,17,22,24H,5,9,11H2,1-3H3,(H2,23,26)(H,25,28);1-2H3/b8-4+,10-7?,15-12+,16-6+,22-13?;.